The van der Waals surface area contributed by atoms with E-state index >= 15 is 0 Å². The Bertz CT molecular complexity index is 1210. The van der Waals surface area contributed by atoms with Gasteiger partial charge in [-0.1, -0.05) is 55.0 Å². The van der Waals surface area contributed by atoms with Crippen molar-refractivity contribution >= 4 is 17.8 Å². The Morgan fingerprint density at radius 3 is 2.56 bits per heavy atom. The van der Waals surface area contributed by atoms with Crippen LogP contribution >= 0.6 is 0 Å². The summed E-state index contributed by atoms with van der Waals surface area (Å²) < 4.78 is 11.7. The lowest BCUT2D eigenvalue weighted by Crippen LogP contribution is -2.68. The highest BCUT2D eigenvalue weighted by molar-refractivity contribution is 5.76. The molecule has 0 aromatic heterocycles. The highest BCUT2D eigenvalue weighted by atomic mass is 16.6. The van der Waals surface area contributed by atoms with Crippen molar-refractivity contribution in [2.45, 2.75) is 88.7 Å². The predicted octanol–water partition coefficient (Wildman–Crippen LogP) is 5.52. The van der Waals surface area contributed by atoms with Crippen LogP contribution in [0.15, 0.2) is 67.3 Å². The van der Waals surface area contributed by atoms with E-state index in [9.17, 15) is 14.4 Å². The Kier molecular flexibility index (Phi) is 10.4. The Morgan fingerprint density at radius 1 is 1.02 bits per heavy atom. The maximum absolute atomic E-state index is 13.0. The molecule has 2 aliphatic rings. The fourth-order valence-corrected chi connectivity index (χ4v) is 6.91. The largest absolute Gasteiger partial charge is 0.457 e. The molecule has 2 aromatic rings. The summed E-state index contributed by atoms with van der Waals surface area (Å²) in [5.74, 6) is -0.160. The summed E-state index contributed by atoms with van der Waals surface area (Å²) in [5.41, 5.74) is 0.986. The number of nitrogens with one attached hydrogen (secondary N) is 1. The SMILES string of the molecule is C=CCN1CC[C@@]2(c3cccc(OC(C)=O)c3)C[C@@H](NC(=O)CCCCCc3ccccc3)CC[C@]2(OC(C)=O)C1. The molecule has 1 saturated carbocycles. The van der Waals surface area contributed by atoms with Crippen LogP contribution < -0.4 is 10.1 Å². The van der Waals surface area contributed by atoms with E-state index in [0.717, 1.165) is 50.6 Å². The van der Waals surface area contributed by atoms with Crippen LogP contribution in [0, 0.1) is 0 Å². The second kappa shape index (κ2) is 13.9. The van der Waals surface area contributed by atoms with E-state index < -0.39 is 11.0 Å². The van der Waals surface area contributed by atoms with Crippen LogP contribution in [0.2, 0.25) is 0 Å². The Labute approximate surface area is 244 Å². The Hall–Kier alpha value is -3.45. The van der Waals surface area contributed by atoms with Gasteiger partial charge in [0, 0.05) is 44.8 Å². The van der Waals surface area contributed by atoms with Crippen LogP contribution in [0.1, 0.15) is 76.3 Å². The molecule has 1 saturated heterocycles. The summed E-state index contributed by atoms with van der Waals surface area (Å²) in [5, 5.41) is 3.31. The van der Waals surface area contributed by atoms with Gasteiger partial charge < -0.3 is 14.8 Å². The smallest absolute Gasteiger partial charge is 0.308 e. The van der Waals surface area contributed by atoms with Crippen molar-refractivity contribution in [1.82, 2.24) is 10.2 Å². The van der Waals surface area contributed by atoms with E-state index in [1.54, 1.807) is 6.07 Å². The number of likely N-dealkylation sites (tertiary alicyclic amines) is 1. The molecule has 2 fully saturated rings. The van der Waals surface area contributed by atoms with E-state index in [0.29, 0.717) is 38.1 Å². The molecule has 220 valence electrons. The second-order valence-electron chi connectivity index (χ2n) is 11.6. The minimum atomic E-state index is -0.770. The van der Waals surface area contributed by atoms with Crippen molar-refractivity contribution in [1.29, 1.82) is 0 Å². The van der Waals surface area contributed by atoms with Crippen molar-refractivity contribution in [3.05, 3.63) is 78.4 Å². The van der Waals surface area contributed by atoms with Crippen molar-refractivity contribution < 1.29 is 23.9 Å². The third-order valence-corrected chi connectivity index (χ3v) is 8.65. The van der Waals surface area contributed by atoms with Gasteiger partial charge in [0.2, 0.25) is 5.91 Å². The normalized spacial score (nSPS) is 24.1. The number of hydrogen-bond donors (Lipinski definition) is 1. The van der Waals surface area contributed by atoms with E-state index in [-0.39, 0.29) is 23.9 Å². The summed E-state index contributed by atoms with van der Waals surface area (Å²) in [6, 6.07) is 18.0. The average Bonchev–Trinajstić information content (AvgIpc) is 2.93. The average molecular weight is 561 g/mol. The number of esters is 2. The standard InChI is InChI=1S/C34H44N2O5/c1-4-21-36-22-20-33(29-15-11-16-31(23-29)40-26(2)37)24-30(18-19-34(33,25-36)41-27(3)38)35-32(39)17-10-6-9-14-28-12-7-5-8-13-28/h4-5,7-8,11-13,15-16,23,30H,1,6,9-10,14,17-22,24-25H2,2-3H3,(H,35,39)/t30-,33-,34-/m0/s1. The zero-order valence-corrected chi connectivity index (χ0v) is 24.5. The van der Waals surface area contributed by atoms with Crippen molar-refractivity contribution in [3.63, 3.8) is 0 Å². The lowest BCUT2D eigenvalue weighted by Gasteiger charge is -2.59. The van der Waals surface area contributed by atoms with Gasteiger partial charge in [0.25, 0.3) is 0 Å². The van der Waals surface area contributed by atoms with Gasteiger partial charge in [-0.15, -0.1) is 6.58 Å². The van der Waals surface area contributed by atoms with Crippen LogP contribution in [-0.2, 0) is 31.0 Å². The number of carbonyl (C=O) groups is 3. The molecular weight excluding hydrogens is 516 g/mol. The molecule has 1 N–H and O–H groups in total. The summed E-state index contributed by atoms with van der Waals surface area (Å²) in [6.45, 7) is 8.85. The first-order valence-electron chi connectivity index (χ1n) is 14.9. The number of hydrogen-bond acceptors (Lipinski definition) is 6. The highest BCUT2D eigenvalue weighted by Crippen LogP contribution is 2.54. The quantitative estimate of drug-likeness (QED) is 0.159. The molecule has 7 heteroatoms. The van der Waals surface area contributed by atoms with Gasteiger partial charge in [-0.3, -0.25) is 19.3 Å². The molecule has 2 aromatic carbocycles. The number of ether oxygens (including phenoxy) is 2. The van der Waals surface area contributed by atoms with Gasteiger partial charge in [-0.05, 0) is 74.8 Å². The molecule has 1 aliphatic heterocycles. The number of amides is 1. The number of nitrogens with zero attached hydrogens (tertiary/aromatic N) is 1. The topological polar surface area (TPSA) is 84.9 Å². The molecule has 1 amide bonds. The molecular formula is C34H44N2O5. The lowest BCUT2D eigenvalue weighted by atomic mass is 9.55. The summed E-state index contributed by atoms with van der Waals surface area (Å²) in [4.78, 5) is 39.6. The first-order chi connectivity index (χ1) is 19.7. The van der Waals surface area contributed by atoms with Gasteiger partial charge in [-0.25, -0.2) is 0 Å². The van der Waals surface area contributed by atoms with E-state index in [2.05, 4.69) is 41.1 Å². The third kappa shape index (κ3) is 7.64. The number of fused-ring (bicyclic) bond motifs is 1. The Morgan fingerprint density at radius 2 is 1.83 bits per heavy atom. The number of carbonyl (C=O) groups excluding carboxylic acids is 3. The Balaban J connectivity index is 1.50. The monoisotopic (exact) mass is 560 g/mol. The van der Waals surface area contributed by atoms with Crippen LogP contribution in [0.3, 0.4) is 0 Å². The number of rotatable bonds is 12. The van der Waals surface area contributed by atoms with Crippen LogP contribution in [0.5, 0.6) is 5.75 Å². The maximum atomic E-state index is 13.0. The van der Waals surface area contributed by atoms with E-state index in [4.69, 9.17) is 9.47 Å². The molecule has 0 spiro atoms. The molecule has 41 heavy (non-hydrogen) atoms. The van der Waals surface area contributed by atoms with E-state index in [1.807, 2.05) is 30.3 Å². The summed E-state index contributed by atoms with van der Waals surface area (Å²) in [6.07, 6.45) is 9.07. The van der Waals surface area contributed by atoms with Crippen molar-refractivity contribution in [2.75, 3.05) is 19.6 Å². The molecule has 1 aliphatic carbocycles. The minimum Gasteiger partial charge on any atom is -0.457 e. The third-order valence-electron chi connectivity index (χ3n) is 8.65. The second-order valence-corrected chi connectivity index (χ2v) is 11.6. The number of aryl methyl sites for hydroxylation is 1. The molecule has 3 atom stereocenters. The first kappa shape index (κ1) is 30.5. The van der Waals surface area contributed by atoms with Gasteiger partial charge in [0.05, 0.1) is 0 Å². The maximum Gasteiger partial charge on any atom is 0.308 e. The minimum absolute atomic E-state index is 0.0427. The predicted molar refractivity (Wildman–Crippen MR) is 160 cm³/mol. The lowest BCUT2D eigenvalue weighted by molar-refractivity contribution is -0.186. The van der Waals surface area contributed by atoms with Gasteiger partial charge in [0.15, 0.2) is 0 Å². The first-order valence-corrected chi connectivity index (χ1v) is 14.9. The zero-order chi connectivity index (χ0) is 29.3. The molecule has 0 unspecified atom stereocenters. The van der Waals surface area contributed by atoms with Gasteiger partial charge in [-0.2, -0.15) is 0 Å². The number of benzene rings is 2. The van der Waals surface area contributed by atoms with Crippen LogP contribution in [0.25, 0.3) is 0 Å². The zero-order valence-electron chi connectivity index (χ0n) is 24.5. The van der Waals surface area contributed by atoms with Crippen LogP contribution in [-0.4, -0.2) is 54.0 Å². The number of unbranched alkanes of at least 4 members (excludes halogenated alkanes) is 2. The number of piperidine rings is 1. The summed E-state index contributed by atoms with van der Waals surface area (Å²) >= 11 is 0. The fourth-order valence-electron chi connectivity index (χ4n) is 6.91. The van der Waals surface area contributed by atoms with Gasteiger partial charge >= 0.3 is 11.9 Å². The molecule has 0 bridgehead atoms. The van der Waals surface area contributed by atoms with E-state index in [1.165, 1.54) is 19.4 Å². The van der Waals surface area contributed by atoms with Crippen LogP contribution in [0.4, 0.5) is 0 Å². The molecule has 1 heterocycles. The van der Waals surface area contributed by atoms with Crippen molar-refractivity contribution in [2.24, 2.45) is 0 Å². The molecule has 0 radical (unpaired) electrons. The molecule has 7 nitrogen and oxygen atoms in total. The highest BCUT2D eigenvalue weighted by Gasteiger charge is 2.60. The van der Waals surface area contributed by atoms with Gasteiger partial charge in [0.1, 0.15) is 11.4 Å². The van der Waals surface area contributed by atoms with Crippen molar-refractivity contribution in [3.8, 4) is 5.75 Å². The molecule has 4 rings (SSSR count). The summed E-state index contributed by atoms with van der Waals surface area (Å²) in [7, 11) is 0. The fraction of sp³-hybridized carbons (Fsp3) is 0.500.